The monoisotopic (exact) mass is 516 g/mol. The summed E-state index contributed by atoms with van der Waals surface area (Å²) in [5.74, 6) is 1.82. The van der Waals surface area contributed by atoms with Gasteiger partial charge in [0.1, 0.15) is 0 Å². The van der Waals surface area contributed by atoms with Crippen LogP contribution in [0.4, 0.5) is 0 Å². The molecule has 0 spiro atoms. The molecule has 0 bridgehead atoms. The minimum absolute atomic E-state index is 0.0384. The summed E-state index contributed by atoms with van der Waals surface area (Å²) >= 11 is 0. The third-order valence-corrected chi connectivity index (χ3v) is 6.80. The van der Waals surface area contributed by atoms with Crippen LogP contribution in [-0.2, 0) is 4.74 Å². The molecule has 2 atom stereocenters. The molecule has 0 aliphatic carbocycles. The zero-order valence-corrected chi connectivity index (χ0v) is 22.9. The predicted octanol–water partition coefficient (Wildman–Crippen LogP) is 7.63. The summed E-state index contributed by atoms with van der Waals surface area (Å²) in [5.41, 5.74) is 1.68. The largest absolute Gasteiger partial charge is 0.504 e. The summed E-state index contributed by atoms with van der Waals surface area (Å²) in [5, 5.41) is 21.2. The Bertz CT molecular complexity index is 897. The number of phenolic OH excluding ortho intramolecular Hbond substituents is 2. The van der Waals surface area contributed by atoms with Crippen LogP contribution in [0.5, 0.6) is 34.5 Å². The van der Waals surface area contributed by atoms with E-state index in [4.69, 9.17) is 23.7 Å². The van der Waals surface area contributed by atoms with Crippen LogP contribution in [0, 0.1) is 0 Å². The van der Waals surface area contributed by atoms with Crippen LogP contribution < -0.4 is 18.9 Å². The van der Waals surface area contributed by atoms with E-state index in [1.807, 2.05) is 12.1 Å². The van der Waals surface area contributed by atoms with Gasteiger partial charge in [-0.1, -0.05) is 52.4 Å². The molecule has 2 N–H and O–H groups in total. The van der Waals surface area contributed by atoms with Gasteiger partial charge in [0.25, 0.3) is 0 Å². The molecule has 0 saturated carbocycles. The zero-order chi connectivity index (χ0) is 26.6. The molecule has 1 heterocycles. The molecule has 1 fully saturated rings. The number of phenols is 2. The maximum Gasteiger partial charge on any atom is 0.203 e. The number of ether oxygens (including phenoxy) is 5. The molecule has 0 aromatic heterocycles. The fourth-order valence-corrected chi connectivity index (χ4v) is 4.76. The van der Waals surface area contributed by atoms with Crippen LogP contribution in [0.15, 0.2) is 24.3 Å². The Balaban J connectivity index is 1.71. The summed E-state index contributed by atoms with van der Waals surface area (Å²) in [4.78, 5) is 0. The molecule has 1 aliphatic rings. The molecule has 3 rings (SSSR count). The highest BCUT2D eigenvalue weighted by molar-refractivity contribution is 5.55. The highest BCUT2D eigenvalue weighted by Gasteiger charge is 2.31. The van der Waals surface area contributed by atoms with Gasteiger partial charge in [-0.25, -0.2) is 0 Å². The SMILES string of the molecule is CCCCCCOc1cc([C@@H]2CC[C@H](c3cc(O)c(OC)c(OCCCCCC)c3)O2)cc(O)c1OC. The van der Waals surface area contributed by atoms with Crippen LogP contribution in [0.25, 0.3) is 0 Å². The first-order chi connectivity index (χ1) is 18.0. The summed E-state index contributed by atoms with van der Waals surface area (Å²) in [6.45, 7) is 5.49. The first-order valence-corrected chi connectivity index (χ1v) is 13.7. The maximum atomic E-state index is 10.6. The summed E-state index contributed by atoms with van der Waals surface area (Å²) in [6.07, 6.45) is 9.91. The van der Waals surface area contributed by atoms with E-state index in [-0.39, 0.29) is 23.7 Å². The molecule has 1 saturated heterocycles. The van der Waals surface area contributed by atoms with Crippen molar-refractivity contribution in [3.05, 3.63) is 35.4 Å². The van der Waals surface area contributed by atoms with Crippen molar-refractivity contribution in [2.45, 2.75) is 90.3 Å². The molecule has 0 radical (unpaired) electrons. The number of rotatable bonds is 16. The van der Waals surface area contributed by atoms with Gasteiger partial charge in [0, 0.05) is 0 Å². The van der Waals surface area contributed by atoms with Gasteiger partial charge in [-0.3, -0.25) is 0 Å². The van der Waals surface area contributed by atoms with Crippen molar-refractivity contribution in [2.24, 2.45) is 0 Å². The van der Waals surface area contributed by atoms with Crippen LogP contribution in [0.3, 0.4) is 0 Å². The van der Waals surface area contributed by atoms with E-state index in [0.717, 1.165) is 49.7 Å². The number of methoxy groups -OCH3 is 2. The third-order valence-electron chi connectivity index (χ3n) is 6.80. The van der Waals surface area contributed by atoms with E-state index in [2.05, 4.69) is 13.8 Å². The molecule has 7 heteroatoms. The third kappa shape index (κ3) is 7.84. The Labute approximate surface area is 221 Å². The van der Waals surface area contributed by atoms with Crippen LogP contribution in [0.1, 0.15) is 101 Å². The van der Waals surface area contributed by atoms with Crippen molar-refractivity contribution in [3.63, 3.8) is 0 Å². The quantitative estimate of drug-likeness (QED) is 0.222. The van der Waals surface area contributed by atoms with Crippen molar-refractivity contribution in [1.29, 1.82) is 0 Å². The van der Waals surface area contributed by atoms with E-state index < -0.39 is 0 Å². The smallest absolute Gasteiger partial charge is 0.203 e. The highest BCUT2D eigenvalue weighted by atomic mass is 16.5. The van der Waals surface area contributed by atoms with Gasteiger partial charge in [0.05, 0.1) is 39.6 Å². The lowest BCUT2D eigenvalue weighted by Crippen LogP contribution is -2.04. The van der Waals surface area contributed by atoms with Gasteiger partial charge >= 0.3 is 0 Å². The van der Waals surface area contributed by atoms with E-state index >= 15 is 0 Å². The van der Waals surface area contributed by atoms with Gasteiger partial charge in [-0.15, -0.1) is 0 Å². The van der Waals surface area contributed by atoms with Gasteiger partial charge in [-0.05, 0) is 61.1 Å². The summed E-state index contributed by atoms with van der Waals surface area (Å²) in [6, 6.07) is 7.18. The number of hydrogen-bond donors (Lipinski definition) is 2. The van der Waals surface area contributed by atoms with Crippen molar-refractivity contribution in [1.82, 2.24) is 0 Å². The van der Waals surface area contributed by atoms with Crippen LogP contribution >= 0.6 is 0 Å². The van der Waals surface area contributed by atoms with Gasteiger partial charge < -0.3 is 33.9 Å². The maximum absolute atomic E-state index is 10.6. The molecule has 206 valence electrons. The predicted molar refractivity (Wildman–Crippen MR) is 144 cm³/mol. The first kappa shape index (κ1) is 28.8. The minimum atomic E-state index is -0.216. The van der Waals surface area contributed by atoms with Crippen molar-refractivity contribution >= 4 is 0 Å². The van der Waals surface area contributed by atoms with E-state index in [9.17, 15) is 10.2 Å². The van der Waals surface area contributed by atoms with E-state index in [1.54, 1.807) is 12.1 Å². The molecular weight excluding hydrogens is 472 g/mol. The topological polar surface area (TPSA) is 86.6 Å². The summed E-state index contributed by atoms with van der Waals surface area (Å²) in [7, 11) is 3.06. The second kappa shape index (κ2) is 14.8. The van der Waals surface area contributed by atoms with Gasteiger partial charge in [-0.2, -0.15) is 0 Å². The second-order valence-corrected chi connectivity index (χ2v) is 9.65. The number of unbranched alkanes of at least 4 members (excludes halogenated alkanes) is 6. The lowest BCUT2D eigenvalue weighted by Gasteiger charge is -2.19. The Morgan fingerprint density at radius 2 is 1.11 bits per heavy atom. The average Bonchev–Trinajstić information content (AvgIpc) is 3.38. The standard InChI is InChI=1S/C30H44O7/c1-5-7-9-11-15-35-27-19-21(17-23(31)29(27)33-3)25-13-14-26(37-25)22-18-24(32)30(34-4)28(20-22)36-16-12-10-8-6-2/h17-20,25-26,31-32H,5-16H2,1-4H3/t25-,26+. The van der Waals surface area contributed by atoms with E-state index in [0.29, 0.717) is 36.2 Å². The molecule has 2 aromatic carbocycles. The molecule has 1 aliphatic heterocycles. The lowest BCUT2D eigenvalue weighted by atomic mass is 10.0. The van der Waals surface area contributed by atoms with Crippen molar-refractivity contribution in [2.75, 3.05) is 27.4 Å². The number of hydrogen-bond acceptors (Lipinski definition) is 7. The Morgan fingerprint density at radius 3 is 1.49 bits per heavy atom. The van der Waals surface area contributed by atoms with Crippen LogP contribution in [0.2, 0.25) is 0 Å². The first-order valence-electron chi connectivity index (χ1n) is 13.7. The molecular formula is C30H44O7. The van der Waals surface area contributed by atoms with Gasteiger partial charge in [0.15, 0.2) is 23.0 Å². The molecule has 0 unspecified atom stereocenters. The van der Waals surface area contributed by atoms with Crippen molar-refractivity contribution < 1.29 is 33.9 Å². The molecule has 0 amide bonds. The molecule has 7 nitrogen and oxygen atoms in total. The zero-order valence-electron chi connectivity index (χ0n) is 22.9. The fourth-order valence-electron chi connectivity index (χ4n) is 4.76. The van der Waals surface area contributed by atoms with E-state index in [1.165, 1.54) is 39.9 Å². The van der Waals surface area contributed by atoms with Crippen LogP contribution in [-0.4, -0.2) is 37.6 Å². The minimum Gasteiger partial charge on any atom is -0.504 e. The number of aromatic hydroxyl groups is 2. The fraction of sp³-hybridized carbons (Fsp3) is 0.600. The summed E-state index contributed by atoms with van der Waals surface area (Å²) < 4.78 is 29.2. The molecule has 2 aromatic rings. The van der Waals surface area contributed by atoms with Gasteiger partial charge in [0.2, 0.25) is 11.5 Å². The lowest BCUT2D eigenvalue weighted by molar-refractivity contribution is 0.0434. The Hall–Kier alpha value is -2.80. The van der Waals surface area contributed by atoms with Crippen molar-refractivity contribution in [3.8, 4) is 34.5 Å². The Kier molecular flexibility index (Phi) is 11.5. The second-order valence-electron chi connectivity index (χ2n) is 9.65. The molecule has 37 heavy (non-hydrogen) atoms. The Morgan fingerprint density at radius 1 is 0.676 bits per heavy atom. The number of benzene rings is 2. The normalized spacial score (nSPS) is 17.1. The highest BCUT2D eigenvalue weighted by Crippen LogP contribution is 2.48. The average molecular weight is 517 g/mol.